The van der Waals surface area contributed by atoms with Crippen molar-refractivity contribution in [1.82, 2.24) is 14.7 Å². The van der Waals surface area contributed by atoms with Gasteiger partial charge in [-0.25, -0.2) is 0 Å². The third-order valence-corrected chi connectivity index (χ3v) is 6.63. The molecule has 4 rings (SSSR count). The number of likely N-dealkylation sites (N-methyl/N-ethyl adjacent to an activating group) is 1. The molecule has 2 saturated heterocycles. The molecule has 3 heterocycles. The summed E-state index contributed by atoms with van der Waals surface area (Å²) >= 11 is 0. The molecule has 0 N–H and O–H groups in total. The Balaban J connectivity index is 1.41. The third-order valence-electron chi connectivity index (χ3n) is 6.63. The fourth-order valence-corrected chi connectivity index (χ4v) is 4.96. The first-order valence-electron chi connectivity index (χ1n) is 10.6. The highest BCUT2D eigenvalue weighted by molar-refractivity contribution is 5.78. The molecule has 0 radical (unpaired) electrons. The normalized spacial score (nSPS) is 23.3. The molecular formula is C22H33N3O3. The van der Waals surface area contributed by atoms with Crippen LogP contribution < -0.4 is 4.74 Å². The summed E-state index contributed by atoms with van der Waals surface area (Å²) in [5.74, 6) is 1.18. The summed E-state index contributed by atoms with van der Waals surface area (Å²) in [4.78, 5) is 19.6. The molecule has 1 aromatic carbocycles. The van der Waals surface area contributed by atoms with Crippen molar-refractivity contribution in [2.75, 3.05) is 66.6 Å². The number of methoxy groups -OCH3 is 1. The lowest BCUT2D eigenvalue weighted by atomic mass is 9.78. The number of likely N-dealkylation sites (tertiary alicyclic amines) is 1. The zero-order valence-corrected chi connectivity index (χ0v) is 17.3. The molecule has 0 unspecified atom stereocenters. The number of ether oxygens (including phenoxy) is 2. The van der Waals surface area contributed by atoms with E-state index in [1.54, 1.807) is 7.11 Å². The van der Waals surface area contributed by atoms with Gasteiger partial charge in [0.15, 0.2) is 0 Å². The molecule has 154 valence electrons. The molecule has 28 heavy (non-hydrogen) atoms. The SMILES string of the molecule is COc1cccc2c1C1(CCN(C(=O)CN3CCCN(C)CC3)CC1)OCC2. The van der Waals surface area contributed by atoms with E-state index in [9.17, 15) is 4.79 Å². The predicted molar refractivity (Wildman–Crippen MR) is 109 cm³/mol. The second kappa shape index (κ2) is 8.39. The summed E-state index contributed by atoms with van der Waals surface area (Å²) in [7, 11) is 3.89. The van der Waals surface area contributed by atoms with Crippen molar-refractivity contribution in [2.24, 2.45) is 0 Å². The van der Waals surface area contributed by atoms with Crippen molar-refractivity contribution in [3.8, 4) is 5.75 Å². The lowest BCUT2D eigenvalue weighted by Crippen LogP contribution is -2.50. The van der Waals surface area contributed by atoms with Crippen molar-refractivity contribution in [3.63, 3.8) is 0 Å². The Morgan fingerprint density at radius 2 is 1.96 bits per heavy atom. The second-order valence-corrected chi connectivity index (χ2v) is 8.40. The zero-order chi connectivity index (χ0) is 19.6. The lowest BCUT2D eigenvalue weighted by Gasteiger charge is -2.45. The number of hydrogen-bond acceptors (Lipinski definition) is 5. The maximum Gasteiger partial charge on any atom is 0.236 e. The standard InChI is InChI=1S/C22H33N3O3/c1-23-10-4-11-24(15-14-23)17-20(26)25-12-8-22(9-13-25)21-18(7-16-28-22)5-3-6-19(21)27-2/h3,5-6H,4,7-17H2,1-2H3. The maximum absolute atomic E-state index is 12.9. The molecule has 0 atom stereocenters. The van der Waals surface area contributed by atoms with Gasteiger partial charge in [0.2, 0.25) is 5.91 Å². The molecule has 1 spiro atoms. The molecule has 2 fully saturated rings. The van der Waals surface area contributed by atoms with Crippen molar-refractivity contribution in [1.29, 1.82) is 0 Å². The molecule has 6 heteroatoms. The van der Waals surface area contributed by atoms with E-state index in [4.69, 9.17) is 9.47 Å². The Morgan fingerprint density at radius 3 is 2.75 bits per heavy atom. The minimum atomic E-state index is -0.303. The molecule has 3 aliphatic heterocycles. The largest absolute Gasteiger partial charge is 0.496 e. The Kier molecular flexibility index (Phi) is 5.90. The van der Waals surface area contributed by atoms with E-state index < -0.39 is 0 Å². The van der Waals surface area contributed by atoms with Crippen LogP contribution in [0.5, 0.6) is 5.75 Å². The minimum Gasteiger partial charge on any atom is -0.496 e. The van der Waals surface area contributed by atoms with Gasteiger partial charge in [-0.2, -0.15) is 0 Å². The van der Waals surface area contributed by atoms with Gasteiger partial charge in [-0.3, -0.25) is 9.69 Å². The van der Waals surface area contributed by atoms with Crippen LogP contribution in [0.1, 0.15) is 30.4 Å². The summed E-state index contributed by atoms with van der Waals surface area (Å²) in [5, 5.41) is 0. The smallest absolute Gasteiger partial charge is 0.236 e. The van der Waals surface area contributed by atoms with Gasteiger partial charge >= 0.3 is 0 Å². The van der Waals surface area contributed by atoms with Crippen molar-refractivity contribution >= 4 is 5.91 Å². The van der Waals surface area contributed by atoms with E-state index in [1.165, 1.54) is 11.1 Å². The van der Waals surface area contributed by atoms with Gasteiger partial charge in [-0.1, -0.05) is 12.1 Å². The summed E-state index contributed by atoms with van der Waals surface area (Å²) in [6, 6.07) is 6.28. The highest BCUT2D eigenvalue weighted by Crippen LogP contribution is 2.45. The van der Waals surface area contributed by atoms with Gasteiger partial charge in [0.1, 0.15) is 11.4 Å². The Bertz CT molecular complexity index is 686. The topological polar surface area (TPSA) is 45.2 Å². The quantitative estimate of drug-likeness (QED) is 0.790. The number of fused-ring (bicyclic) bond motifs is 2. The first-order chi connectivity index (χ1) is 13.6. The number of amides is 1. The van der Waals surface area contributed by atoms with Gasteiger partial charge in [0.25, 0.3) is 0 Å². The zero-order valence-electron chi connectivity index (χ0n) is 17.3. The Labute approximate surface area is 168 Å². The van der Waals surface area contributed by atoms with Crippen molar-refractivity contribution in [2.45, 2.75) is 31.3 Å². The average Bonchev–Trinajstić information content (AvgIpc) is 2.92. The van der Waals surface area contributed by atoms with E-state index >= 15 is 0 Å². The fraction of sp³-hybridized carbons (Fsp3) is 0.682. The molecule has 0 saturated carbocycles. The Morgan fingerprint density at radius 1 is 1.14 bits per heavy atom. The van der Waals surface area contributed by atoms with Crippen LogP contribution in [-0.2, 0) is 21.6 Å². The average molecular weight is 388 g/mol. The molecule has 0 bridgehead atoms. The van der Waals surface area contributed by atoms with E-state index in [2.05, 4.69) is 29.0 Å². The van der Waals surface area contributed by atoms with Crippen LogP contribution in [0.25, 0.3) is 0 Å². The van der Waals surface area contributed by atoms with Gasteiger partial charge in [0.05, 0.1) is 20.3 Å². The van der Waals surface area contributed by atoms with E-state index in [0.717, 1.165) is 77.3 Å². The first-order valence-corrected chi connectivity index (χ1v) is 10.6. The third kappa shape index (κ3) is 3.91. The molecule has 3 aliphatic rings. The lowest BCUT2D eigenvalue weighted by molar-refractivity contribution is -0.141. The summed E-state index contributed by atoms with van der Waals surface area (Å²) in [6.07, 6.45) is 3.75. The van der Waals surface area contributed by atoms with Crippen LogP contribution in [0.2, 0.25) is 0 Å². The van der Waals surface area contributed by atoms with Crippen molar-refractivity contribution in [3.05, 3.63) is 29.3 Å². The van der Waals surface area contributed by atoms with Gasteiger partial charge in [-0.15, -0.1) is 0 Å². The second-order valence-electron chi connectivity index (χ2n) is 8.40. The van der Waals surface area contributed by atoms with E-state index in [-0.39, 0.29) is 11.5 Å². The van der Waals surface area contributed by atoms with Gasteiger partial charge in [0, 0.05) is 31.7 Å². The number of hydrogen-bond donors (Lipinski definition) is 0. The van der Waals surface area contributed by atoms with Crippen molar-refractivity contribution < 1.29 is 14.3 Å². The monoisotopic (exact) mass is 387 g/mol. The highest BCUT2D eigenvalue weighted by atomic mass is 16.5. The molecule has 6 nitrogen and oxygen atoms in total. The number of carbonyl (C=O) groups excluding carboxylic acids is 1. The van der Waals surface area contributed by atoms with Crippen LogP contribution in [0, 0.1) is 0 Å². The predicted octanol–water partition coefficient (Wildman–Crippen LogP) is 1.72. The van der Waals surface area contributed by atoms with Gasteiger partial charge in [-0.05, 0) is 57.5 Å². The number of benzene rings is 1. The number of nitrogens with zero attached hydrogens (tertiary/aromatic N) is 3. The van der Waals surface area contributed by atoms with E-state index in [1.807, 2.05) is 11.0 Å². The molecule has 1 aromatic rings. The van der Waals surface area contributed by atoms with Crippen LogP contribution in [0.3, 0.4) is 0 Å². The molecule has 0 aliphatic carbocycles. The minimum absolute atomic E-state index is 0.260. The number of piperidine rings is 1. The van der Waals surface area contributed by atoms with Gasteiger partial charge < -0.3 is 19.3 Å². The van der Waals surface area contributed by atoms with Crippen LogP contribution in [-0.4, -0.2) is 87.2 Å². The van der Waals surface area contributed by atoms with Crippen LogP contribution in [0.4, 0.5) is 0 Å². The number of carbonyl (C=O) groups is 1. The van der Waals surface area contributed by atoms with Crippen LogP contribution >= 0.6 is 0 Å². The molecule has 1 amide bonds. The highest BCUT2D eigenvalue weighted by Gasteiger charge is 2.43. The first kappa shape index (κ1) is 19.7. The summed E-state index contributed by atoms with van der Waals surface area (Å²) in [6.45, 7) is 6.96. The molecule has 0 aromatic heterocycles. The van der Waals surface area contributed by atoms with E-state index in [0.29, 0.717) is 6.54 Å². The fourth-order valence-electron chi connectivity index (χ4n) is 4.96. The number of rotatable bonds is 3. The molecular weight excluding hydrogens is 354 g/mol. The maximum atomic E-state index is 12.9. The Hall–Kier alpha value is -1.63. The summed E-state index contributed by atoms with van der Waals surface area (Å²) in [5.41, 5.74) is 2.24. The van der Waals surface area contributed by atoms with Crippen LogP contribution in [0.15, 0.2) is 18.2 Å². The summed E-state index contributed by atoms with van der Waals surface area (Å²) < 4.78 is 12.0.